The number of amides is 1. The second kappa shape index (κ2) is 9.36. The molecule has 1 atom stereocenters. The van der Waals surface area contributed by atoms with Crippen molar-refractivity contribution in [2.75, 3.05) is 29.4 Å². The van der Waals surface area contributed by atoms with Crippen LogP contribution in [-0.4, -0.2) is 58.8 Å². The number of halogens is 2. The molecule has 1 heterocycles. The third-order valence-corrected chi connectivity index (χ3v) is 9.25. The Kier molecular flexibility index (Phi) is 7.16. The van der Waals surface area contributed by atoms with Gasteiger partial charge in [-0.15, -0.1) is 0 Å². The Labute approximate surface area is 192 Å². The topological polar surface area (TPSA) is 91.8 Å². The second-order valence-electron chi connectivity index (χ2n) is 7.65. The molecule has 2 aromatic carbocycles. The van der Waals surface area contributed by atoms with Gasteiger partial charge in [0, 0.05) is 19.6 Å². The van der Waals surface area contributed by atoms with Crippen LogP contribution in [0.3, 0.4) is 0 Å². The maximum Gasteiger partial charge on any atom is 0.264 e. The van der Waals surface area contributed by atoms with E-state index in [1.54, 1.807) is 0 Å². The number of carbonyl (C=O) groups is 1. The fraction of sp³-hybridized carbons (Fsp3) is 0.381. The molecule has 1 saturated heterocycles. The van der Waals surface area contributed by atoms with Gasteiger partial charge in [-0.2, -0.15) is 0 Å². The van der Waals surface area contributed by atoms with Crippen LogP contribution in [0.5, 0.6) is 0 Å². The molecule has 1 fully saturated rings. The maximum atomic E-state index is 13.3. The summed E-state index contributed by atoms with van der Waals surface area (Å²) in [5.41, 5.74) is 0.232. The van der Waals surface area contributed by atoms with Gasteiger partial charge in [-0.05, 0) is 55.3 Å². The highest BCUT2D eigenvalue weighted by molar-refractivity contribution is 7.92. The number of benzene rings is 2. The number of sulfonamides is 1. The average Bonchev–Trinajstić information content (AvgIpc) is 3.11. The Morgan fingerprint density at radius 3 is 2.41 bits per heavy atom. The summed E-state index contributed by atoms with van der Waals surface area (Å²) in [6.07, 6.45) is 0.933. The van der Waals surface area contributed by atoms with E-state index in [0.29, 0.717) is 19.4 Å². The first-order valence-corrected chi connectivity index (χ1v) is 13.7. The zero-order valence-corrected chi connectivity index (χ0v) is 20.1. The number of hydrogen-bond donors (Lipinski definition) is 0. The molecule has 174 valence electrons. The molecule has 3 rings (SSSR count). The minimum atomic E-state index is -4.07. The van der Waals surface area contributed by atoms with Crippen LogP contribution in [0.2, 0.25) is 5.02 Å². The van der Waals surface area contributed by atoms with E-state index in [4.69, 9.17) is 11.6 Å². The van der Waals surface area contributed by atoms with Crippen LogP contribution in [0.1, 0.15) is 30.1 Å². The summed E-state index contributed by atoms with van der Waals surface area (Å²) in [6.45, 7) is 2.19. The molecule has 0 unspecified atom stereocenters. The summed E-state index contributed by atoms with van der Waals surface area (Å²) < 4.78 is 64.3. The molecule has 1 amide bonds. The van der Waals surface area contributed by atoms with Crippen LogP contribution >= 0.6 is 11.6 Å². The zero-order chi connectivity index (χ0) is 23.7. The number of rotatable bonds is 7. The molecule has 11 heteroatoms. The van der Waals surface area contributed by atoms with E-state index in [2.05, 4.69) is 0 Å². The molecule has 0 aliphatic carbocycles. The maximum absolute atomic E-state index is 13.3. The van der Waals surface area contributed by atoms with E-state index >= 15 is 0 Å². The van der Waals surface area contributed by atoms with Gasteiger partial charge in [0.2, 0.25) is 0 Å². The molecule has 0 N–H and O–H groups in total. The SMILES string of the molecule is CCCN(C(=O)c1cc(S(=O)(=O)N(C)c2ccc(F)cc2)ccc1Cl)[C@H]1CCS(=O)(=O)C1. The molecule has 0 spiro atoms. The van der Waals surface area contributed by atoms with E-state index in [9.17, 15) is 26.0 Å². The summed E-state index contributed by atoms with van der Waals surface area (Å²) in [7, 11) is -5.96. The molecule has 1 aliphatic rings. The Morgan fingerprint density at radius 1 is 1.19 bits per heavy atom. The number of hydrogen-bond acceptors (Lipinski definition) is 5. The van der Waals surface area contributed by atoms with Gasteiger partial charge in [-0.3, -0.25) is 9.10 Å². The number of sulfone groups is 1. The number of carbonyl (C=O) groups excluding carboxylic acids is 1. The van der Waals surface area contributed by atoms with Gasteiger partial charge in [0.25, 0.3) is 15.9 Å². The molecule has 0 radical (unpaired) electrons. The van der Waals surface area contributed by atoms with E-state index < -0.39 is 37.6 Å². The van der Waals surface area contributed by atoms with Gasteiger partial charge in [0.05, 0.1) is 32.7 Å². The fourth-order valence-electron chi connectivity index (χ4n) is 3.64. The molecule has 0 bridgehead atoms. The number of anilines is 1. The summed E-state index contributed by atoms with van der Waals surface area (Å²) in [5.74, 6) is -1.12. The Morgan fingerprint density at radius 2 is 1.84 bits per heavy atom. The Hall–Kier alpha value is -2.17. The van der Waals surface area contributed by atoms with Crippen molar-refractivity contribution >= 4 is 43.1 Å². The summed E-state index contributed by atoms with van der Waals surface area (Å²) >= 11 is 6.25. The lowest BCUT2D eigenvalue weighted by Crippen LogP contribution is -2.41. The molecular formula is C21H24ClFN2O5S2. The van der Waals surface area contributed by atoms with Gasteiger partial charge in [0.1, 0.15) is 5.82 Å². The summed E-state index contributed by atoms with van der Waals surface area (Å²) in [4.78, 5) is 14.6. The van der Waals surface area contributed by atoms with E-state index in [1.165, 1.54) is 42.3 Å². The van der Waals surface area contributed by atoms with Crippen LogP contribution in [0.4, 0.5) is 10.1 Å². The smallest absolute Gasteiger partial charge is 0.264 e. The van der Waals surface area contributed by atoms with Crippen molar-refractivity contribution in [3.05, 3.63) is 58.9 Å². The van der Waals surface area contributed by atoms with E-state index in [1.807, 2.05) is 6.92 Å². The first kappa shape index (κ1) is 24.5. The van der Waals surface area contributed by atoms with Gasteiger partial charge < -0.3 is 4.90 Å². The minimum Gasteiger partial charge on any atom is -0.335 e. The van der Waals surface area contributed by atoms with Crippen molar-refractivity contribution in [3.8, 4) is 0 Å². The van der Waals surface area contributed by atoms with Crippen LogP contribution in [0, 0.1) is 5.82 Å². The summed E-state index contributed by atoms with van der Waals surface area (Å²) in [6, 6.07) is 8.30. The van der Waals surface area contributed by atoms with Crippen LogP contribution in [-0.2, 0) is 19.9 Å². The number of nitrogens with zero attached hydrogens (tertiary/aromatic N) is 2. The normalized spacial score (nSPS) is 17.8. The highest BCUT2D eigenvalue weighted by atomic mass is 35.5. The van der Waals surface area contributed by atoms with Crippen LogP contribution in [0.15, 0.2) is 47.4 Å². The van der Waals surface area contributed by atoms with Gasteiger partial charge in [-0.1, -0.05) is 18.5 Å². The molecule has 1 aliphatic heterocycles. The van der Waals surface area contributed by atoms with Gasteiger partial charge in [0.15, 0.2) is 9.84 Å². The van der Waals surface area contributed by atoms with Gasteiger partial charge in [-0.25, -0.2) is 21.2 Å². The second-order valence-corrected chi connectivity index (χ2v) is 12.3. The summed E-state index contributed by atoms with van der Waals surface area (Å²) in [5, 5.41) is 0.0698. The first-order chi connectivity index (χ1) is 15.0. The molecule has 32 heavy (non-hydrogen) atoms. The predicted molar refractivity (Wildman–Crippen MR) is 122 cm³/mol. The fourth-order valence-corrected chi connectivity index (χ4v) is 6.79. The molecule has 2 aromatic rings. The highest BCUT2D eigenvalue weighted by Gasteiger charge is 2.35. The molecule has 0 saturated carbocycles. The monoisotopic (exact) mass is 502 g/mol. The standard InChI is InChI=1S/C21H24ClFN2O5S2/c1-3-11-25(17-10-12-31(27,28)14-17)21(26)19-13-18(8-9-20(19)22)32(29,30)24(2)16-6-4-15(23)5-7-16/h4-9,13,17H,3,10-12,14H2,1-2H3/t17-/m0/s1. The highest BCUT2D eigenvalue weighted by Crippen LogP contribution is 2.28. The van der Waals surface area contributed by atoms with E-state index in [-0.39, 0.29) is 32.7 Å². The van der Waals surface area contributed by atoms with Crippen molar-refractivity contribution < 1.29 is 26.0 Å². The lowest BCUT2D eigenvalue weighted by atomic mass is 10.1. The lowest BCUT2D eigenvalue weighted by Gasteiger charge is -2.28. The van der Waals surface area contributed by atoms with Crippen molar-refractivity contribution in [2.24, 2.45) is 0 Å². The van der Waals surface area contributed by atoms with Crippen molar-refractivity contribution in [1.29, 1.82) is 0 Å². The van der Waals surface area contributed by atoms with Crippen molar-refractivity contribution in [3.63, 3.8) is 0 Å². The zero-order valence-electron chi connectivity index (χ0n) is 17.7. The van der Waals surface area contributed by atoms with Crippen LogP contribution < -0.4 is 4.31 Å². The molecule has 0 aromatic heterocycles. The third kappa shape index (κ3) is 5.07. The minimum absolute atomic E-state index is 0.00970. The quantitative estimate of drug-likeness (QED) is 0.579. The Bertz CT molecular complexity index is 1220. The average molecular weight is 503 g/mol. The van der Waals surface area contributed by atoms with Gasteiger partial charge >= 0.3 is 0 Å². The lowest BCUT2D eigenvalue weighted by molar-refractivity contribution is 0.0697. The van der Waals surface area contributed by atoms with Crippen molar-refractivity contribution in [2.45, 2.75) is 30.7 Å². The van der Waals surface area contributed by atoms with E-state index in [0.717, 1.165) is 16.4 Å². The Balaban J connectivity index is 1.96. The first-order valence-electron chi connectivity index (χ1n) is 10.0. The third-order valence-electron chi connectivity index (χ3n) is 5.39. The van der Waals surface area contributed by atoms with Crippen molar-refractivity contribution in [1.82, 2.24) is 4.90 Å². The predicted octanol–water partition coefficient (Wildman–Crippen LogP) is 3.34. The largest absolute Gasteiger partial charge is 0.335 e. The van der Waals surface area contributed by atoms with Crippen LogP contribution in [0.25, 0.3) is 0 Å². The molecule has 7 nitrogen and oxygen atoms in total. The molecular weight excluding hydrogens is 479 g/mol.